The third-order valence-electron chi connectivity index (χ3n) is 4.14. The molecule has 26 heavy (non-hydrogen) atoms. The maximum absolute atomic E-state index is 12.0. The molecule has 0 unspecified atom stereocenters. The van der Waals surface area contributed by atoms with Crippen molar-refractivity contribution < 1.29 is 9.59 Å². The number of hydrazine groups is 1. The van der Waals surface area contributed by atoms with Gasteiger partial charge in [0.2, 0.25) is 5.91 Å². The molecule has 2 aromatic carbocycles. The van der Waals surface area contributed by atoms with Crippen LogP contribution < -0.4 is 10.9 Å². The highest BCUT2D eigenvalue weighted by atomic mass is 16.2. The summed E-state index contributed by atoms with van der Waals surface area (Å²) in [6.07, 6.45) is 5.04. The van der Waals surface area contributed by atoms with Crippen molar-refractivity contribution in [3.05, 3.63) is 89.7 Å². The summed E-state index contributed by atoms with van der Waals surface area (Å²) in [5, 5.41) is 0. The molecule has 2 N–H and O–H groups in total. The summed E-state index contributed by atoms with van der Waals surface area (Å²) < 4.78 is 1.99. The van der Waals surface area contributed by atoms with Crippen molar-refractivity contribution in [2.24, 2.45) is 0 Å². The lowest BCUT2D eigenvalue weighted by Crippen LogP contribution is -2.42. The van der Waals surface area contributed by atoms with Gasteiger partial charge in [-0.1, -0.05) is 31.2 Å². The number of amides is 2. The first-order chi connectivity index (χ1) is 12.7. The van der Waals surface area contributed by atoms with Gasteiger partial charge in [-0.2, -0.15) is 0 Å². The molecule has 0 aliphatic carbocycles. The molecule has 3 aromatic rings. The van der Waals surface area contributed by atoms with Crippen molar-refractivity contribution in [1.29, 1.82) is 0 Å². The van der Waals surface area contributed by atoms with E-state index in [1.165, 1.54) is 0 Å². The molecule has 0 radical (unpaired) electrons. The van der Waals surface area contributed by atoms with Crippen molar-refractivity contribution in [1.82, 2.24) is 15.4 Å². The summed E-state index contributed by atoms with van der Waals surface area (Å²) in [5.41, 5.74) is 8.48. The predicted molar refractivity (Wildman–Crippen MR) is 101 cm³/mol. The van der Waals surface area contributed by atoms with E-state index < -0.39 is 0 Å². The number of carbonyl (C=O) groups excluding carboxylic acids is 2. The highest BCUT2D eigenvalue weighted by Crippen LogP contribution is 2.10. The SMILES string of the molecule is CCc1ccc(C(=O)NNC(=O)Cc2ccc(-n3cccc3)cc2)cc1. The summed E-state index contributed by atoms with van der Waals surface area (Å²) in [6.45, 7) is 2.06. The number of rotatable bonds is 5. The second kappa shape index (κ2) is 8.16. The Morgan fingerprint density at radius 2 is 1.46 bits per heavy atom. The molecule has 0 bridgehead atoms. The van der Waals surface area contributed by atoms with E-state index in [1.807, 2.05) is 65.5 Å². The molecule has 0 fully saturated rings. The number of aromatic nitrogens is 1. The van der Waals surface area contributed by atoms with Crippen LogP contribution in [0.25, 0.3) is 5.69 Å². The topological polar surface area (TPSA) is 63.1 Å². The van der Waals surface area contributed by atoms with Crippen LogP contribution in [0.2, 0.25) is 0 Å². The molecule has 0 aliphatic heterocycles. The molecule has 2 amide bonds. The minimum Gasteiger partial charge on any atom is -0.324 e. The Labute approximate surface area is 152 Å². The third-order valence-corrected chi connectivity index (χ3v) is 4.14. The fourth-order valence-corrected chi connectivity index (χ4v) is 2.61. The van der Waals surface area contributed by atoms with Gasteiger partial charge in [0.25, 0.3) is 5.91 Å². The molecule has 0 atom stereocenters. The van der Waals surface area contributed by atoms with Gasteiger partial charge in [-0.15, -0.1) is 0 Å². The van der Waals surface area contributed by atoms with Crippen LogP contribution in [0.15, 0.2) is 73.1 Å². The van der Waals surface area contributed by atoms with Gasteiger partial charge in [0, 0.05) is 23.6 Å². The van der Waals surface area contributed by atoms with Crippen LogP contribution >= 0.6 is 0 Å². The minimum absolute atomic E-state index is 0.195. The summed E-state index contributed by atoms with van der Waals surface area (Å²) in [6, 6.07) is 18.9. The molecule has 1 heterocycles. The maximum Gasteiger partial charge on any atom is 0.269 e. The number of aryl methyl sites for hydroxylation is 1. The van der Waals surface area contributed by atoms with Crippen LogP contribution in [0.1, 0.15) is 28.4 Å². The number of nitrogens with one attached hydrogen (secondary N) is 2. The van der Waals surface area contributed by atoms with Gasteiger partial charge >= 0.3 is 0 Å². The molecule has 1 aromatic heterocycles. The smallest absolute Gasteiger partial charge is 0.269 e. The molecule has 5 nitrogen and oxygen atoms in total. The van der Waals surface area contributed by atoms with Crippen LogP contribution in [0, 0.1) is 0 Å². The molecule has 0 saturated carbocycles. The monoisotopic (exact) mass is 347 g/mol. The Bertz CT molecular complexity index is 867. The van der Waals surface area contributed by atoms with E-state index in [-0.39, 0.29) is 18.2 Å². The summed E-state index contributed by atoms with van der Waals surface area (Å²) >= 11 is 0. The van der Waals surface area contributed by atoms with Gasteiger partial charge in [-0.05, 0) is 53.9 Å². The lowest BCUT2D eigenvalue weighted by atomic mass is 10.1. The molecular formula is C21H21N3O2. The Morgan fingerprint density at radius 1 is 0.846 bits per heavy atom. The third kappa shape index (κ3) is 4.39. The second-order valence-electron chi connectivity index (χ2n) is 5.99. The fraction of sp³-hybridized carbons (Fsp3) is 0.143. The highest BCUT2D eigenvalue weighted by Gasteiger charge is 2.08. The zero-order chi connectivity index (χ0) is 18.4. The Hall–Kier alpha value is -3.34. The van der Waals surface area contributed by atoms with Crippen LogP contribution in [-0.2, 0) is 17.6 Å². The van der Waals surface area contributed by atoms with E-state index in [9.17, 15) is 9.59 Å². The molecule has 0 spiro atoms. The number of hydrogen-bond donors (Lipinski definition) is 2. The molecule has 0 saturated heterocycles. The van der Waals surface area contributed by atoms with Gasteiger partial charge in [0.05, 0.1) is 6.42 Å². The van der Waals surface area contributed by atoms with Crippen molar-refractivity contribution in [2.75, 3.05) is 0 Å². The fourth-order valence-electron chi connectivity index (χ4n) is 2.61. The quantitative estimate of drug-likeness (QED) is 0.697. The number of carbonyl (C=O) groups is 2. The van der Waals surface area contributed by atoms with Crippen LogP contribution in [0.4, 0.5) is 0 Å². The lowest BCUT2D eigenvalue weighted by Gasteiger charge is -2.09. The standard InChI is InChI=1S/C21H21N3O2/c1-2-16-5-9-18(10-6-16)21(26)23-22-20(25)15-17-7-11-19(12-8-17)24-13-3-4-14-24/h3-14H,2,15H2,1H3,(H,22,25)(H,23,26). The van der Waals surface area contributed by atoms with Gasteiger partial charge in [-0.25, -0.2) is 0 Å². The summed E-state index contributed by atoms with van der Waals surface area (Å²) in [7, 11) is 0. The number of nitrogens with zero attached hydrogens (tertiary/aromatic N) is 1. The van der Waals surface area contributed by atoms with Crippen molar-refractivity contribution in [2.45, 2.75) is 19.8 Å². The van der Waals surface area contributed by atoms with Crippen molar-refractivity contribution in [3.63, 3.8) is 0 Å². The Kier molecular flexibility index (Phi) is 5.49. The first kappa shape index (κ1) is 17.5. The zero-order valence-electron chi connectivity index (χ0n) is 14.6. The van der Waals surface area contributed by atoms with E-state index in [2.05, 4.69) is 17.8 Å². The predicted octanol–water partition coefficient (Wildman–Crippen LogP) is 3.04. The lowest BCUT2D eigenvalue weighted by molar-refractivity contribution is -0.121. The van der Waals surface area contributed by atoms with Gasteiger partial charge in [0.15, 0.2) is 0 Å². The van der Waals surface area contributed by atoms with Crippen LogP contribution in [-0.4, -0.2) is 16.4 Å². The van der Waals surface area contributed by atoms with Crippen LogP contribution in [0.5, 0.6) is 0 Å². The Balaban J connectivity index is 1.51. The minimum atomic E-state index is -0.330. The molecule has 132 valence electrons. The van der Waals surface area contributed by atoms with E-state index >= 15 is 0 Å². The van der Waals surface area contributed by atoms with E-state index in [4.69, 9.17) is 0 Å². The number of benzene rings is 2. The largest absolute Gasteiger partial charge is 0.324 e. The average Bonchev–Trinajstić information content (AvgIpc) is 3.21. The average molecular weight is 347 g/mol. The van der Waals surface area contributed by atoms with Gasteiger partial charge in [-0.3, -0.25) is 20.4 Å². The van der Waals surface area contributed by atoms with Crippen molar-refractivity contribution in [3.8, 4) is 5.69 Å². The summed E-state index contributed by atoms with van der Waals surface area (Å²) in [4.78, 5) is 24.1. The normalized spacial score (nSPS) is 10.3. The second-order valence-corrected chi connectivity index (χ2v) is 5.99. The van der Waals surface area contributed by atoms with Crippen molar-refractivity contribution >= 4 is 11.8 Å². The van der Waals surface area contributed by atoms with Gasteiger partial charge in [0.1, 0.15) is 0 Å². The molecule has 5 heteroatoms. The zero-order valence-corrected chi connectivity index (χ0v) is 14.6. The first-order valence-corrected chi connectivity index (χ1v) is 8.56. The van der Waals surface area contributed by atoms with E-state index in [0.29, 0.717) is 5.56 Å². The number of hydrogen-bond acceptors (Lipinski definition) is 2. The van der Waals surface area contributed by atoms with Gasteiger partial charge < -0.3 is 4.57 Å². The Morgan fingerprint density at radius 3 is 2.08 bits per heavy atom. The first-order valence-electron chi connectivity index (χ1n) is 8.56. The highest BCUT2D eigenvalue weighted by molar-refractivity contribution is 5.95. The molecule has 0 aliphatic rings. The maximum atomic E-state index is 12.0. The van der Waals surface area contributed by atoms with Crippen LogP contribution in [0.3, 0.4) is 0 Å². The van der Waals surface area contributed by atoms with E-state index in [1.54, 1.807) is 12.1 Å². The molecular weight excluding hydrogens is 326 g/mol. The van der Waals surface area contributed by atoms with E-state index in [0.717, 1.165) is 23.2 Å². The summed E-state index contributed by atoms with van der Waals surface area (Å²) in [5.74, 6) is -0.596. The molecule has 3 rings (SSSR count).